The fourth-order valence-electron chi connectivity index (χ4n) is 2.60. The summed E-state index contributed by atoms with van der Waals surface area (Å²) >= 11 is 0. The number of alkyl halides is 6. The Kier molecular flexibility index (Phi) is 4.28. The van der Waals surface area contributed by atoms with Crippen molar-refractivity contribution in [1.29, 1.82) is 0 Å². The normalized spacial score (nSPS) is 22.1. The maximum Gasteiger partial charge on any atom is 0.523 e. The molecule has 0 aromatic heterocycles. The zero-order valence-corrected chi connectivity index (χ0v) is 14.2. The Hall–Kier alpha value is -1.86. The van der Waals surface area contributed by atoms with Crippen molar-refractivity contribution in [3.63, 3.8) is 0 Å². The van der Waals surface area contributed by atoms with Gasteiger partial charge in [-0.25, -0.2) is 8.78 Å². The van der Waals surface area contributed by atoms with Crippen LogP contribution in [0.15, 0.2) is 46.2 Å². The minimum Gasteiger partial charge on any atom is -0.204 e. The molecular weight excluding hydrogens is 432 g/mol. The summed E-state index contributed by atoms with van der Waals surface area (Å²) in [5.41, 5.74) is -13.4. The summed E-state index contributed by atoms with van der Waals surface area (Å²) in [5.74, 6) is -3.31. The van der Waals surface area contributed by atoms with Gasteiger partial charge < -0.3 is 0 Å². The molecule has 148 valence electrons. The van der Waals surface area contributed by atoms with Crippen molar-refractivity contribution >= 4 is 20.4 Å². The van der Waals surface area contributed by atoms with E-state index in [1.54, 1.807) is 0 Å². The van der Waals surface area contributed by atoms with Gasteiger partial charge in [0.1, 0.15) is 0 Å². The molecule has 0 saturated heterocycles. The molecule has 0 N–H and O–H groups in total. The van der Waals surface area contributed by atoms with Gasteiger partial charge in [0.2, 0.25) is 0 Å². The molecule has 2 aromatic carbocycles. The predicted octanol–water partition coefficient (Wildman–Crippen LogP) is 5.47. The highest BCUT2D eigenvalue weighted by molar-refractivity contribution is 8.34. The predicted molar refractivity (Wildman–Crippen MR) is 78.0 cm³/mol. The Morgan fingerprint density at radius 3 is 2.00 bits per heavy atom. The highest BCUT2D eigenvalue weighted by Gasteiger charge is 2.65. The van der Waals surface area contributed by atoms with E-state index in [9.17, 15) is 43.5 Å². The van der Waals surface area contributed by atoms with Gasteiger partial charge in [0.15, 0.2) is 11.6 Å². The standard InChI is InChI=1S/C14H6F8O3S2/c15-8-5-6-10-11(12(8)16)7-3-1-2-4-9(7)26(10,13(17,18)19)25-27(23,24)14(20,21)22/h1-6H. The topological polar surface area (TPSA) is 43.4 Å². The van der Waals surface area contributed by atoms with Crippen LogP contribution in [0.2, 0.25) is 0 Å². The molecule has 27 heavy (non-hydrogen) atoms. The Labute approximate surface area is 148 Å². The highest BCUT2D eigenvalue weighted by atomic mass is 32.3. The van der Waals surface area contributed by atoms with E-state index in [0.717, 1.165) is 18.2 Å². The van der Waals surface area contributed by atoms with Crippen LogP contribution < -0.4 is 0 Å². The molecule has 3 rings (SSSR count). The van der Waals surface area contributed by atoms with Gasteiger partial charge in [-0.3, -0.25) is 0 Å². The first-order chi connectivity index (χ1) is 12.2. The maximum atomic E-state index is 14.2. The van der Waals surface area contributed by atoms with Gasteiger partial charge in [0.25, 0.3) is 0 Å². The number of halogens is 8. The fraction of sp³-hybridized carbons (Fsp3) is 0.143. The van der Waals surface area contributed by atoms with Crippen molar-refractivity contribution in [3.05, 3.63) is 48.0 Å². The smallest absolute Gasteiger partial charge is 0.204 e. The molecular formula is C14H6F8O3S2. The number of benzene rings is 2. The van der Waals surface area contributed by atoms with Gasteiger partial charge in [-0.2, -0.15) is 38.4 Å². The first-order valence-corrected chi connectivity index (χ1v) is 9.70. The van der Waals surface area contributed by atoms with E-state index >= 15 is 0 Å². The fourth-order valence-corrected chi connectivity index (χ4v) is 7.11. The molecule has 2 aromatic rings. The third-order valence-electron chi connectivity index (χ3n) is 3.63. The Morgan fingerprint density at radius 2 is 1.44 bits per heavy atom. The van der Waals surface area contributed by atoms with Crippen molar-refractivity contribution in [3.8, 4) is 11.1 Å². The van der Waals surface area contributed by atoms with Crippen molar-refractivity contribution in [1.82, 2.24) is 0 Å². The molecule has 0 amide bonds. The third kappa shape index (κ3) is 2.70. The van der Waals surface area contributed by atoms with Crippen LogP contribution in [-0.4, -0.2) is 19.4 Å². The summed E-state index contributed by atoms with van der Waals surface area (Å²) in [7, 11) is -12.1. The number of rotatable bonds is 2. The summed E-state index contributed by atoms with van der Waals surface area (Å²) in [5, 5.41) is 0. The molecule has 3 nitrogen and oxygen atoms in total. The molecule has 1 heterocycles. The number of fused-ring (bicyclic) bond motifs is 3. The van der Waals surface area contributed by atoms with E-state index in [1.807, 2.05) is 0 Å². The molecule has 0 saturated carbocycles. The van der Waals surface area contributed by atoms with Crippen molar-refractivity contribution in [2.75, 3.05) is 0 Å². The molecule has 13 heteroatoms. The van der Waals surface area contributed by atoms with Crippen LogP contribution >= 0.6 is 10.3 Å². The van der Waals surface area contributed by atoms with Crippen LogP contribution in [-0.2, 0) is 13.7 Å². The molecule has 0 spiro atoms. The summed E-state index contributed by atoms with van der Waals surface area (Å²) < 4.78 is 135. The maximum absolute atomic E-state index is 14.2. The van der Waals surface area contributed by atoms with Crippen LogP contribution in [0.25, 0.3) is 11.1 Å². The van der Waals surface area contributed by atoms with Gasteiger partial charge in [-0.05, 0) is 18.2 Å². The zero-order chi connectivity index (χ0) is 20.4. The molecule has 1 atom stereocenters. The number of hydrogen-bond acceptors (Lipinski definition) is 3. The molecule has 0 radical (unpaired) electrons. The van der Waals surface area contributed by atoms with Gasteiger partial charge in [0.05, 0.1) is 0 Å². The second-order valence-electron chi connectivity index (χ2n) is 5.20. The van der Waals surface area contributed by atoms with Crippen molar-refractivity contribution < 1.29 is 47.2 Å². The zero-order valence-electron chi connectivity index (χ0n) is 12.5. The molecule has 0 fully saturated rings. The summed E-state index contributed by atoms with van der Waals surface area (Å²) in [6.45, 7) is 0. The van der Waals surface area contributed by atoms with Crippen LogP contribution in [0, 0.1) is 11.6 Å². The Balaban J connectivity index is 2.46. The Bertz CT molecular complexity index is 1030. The van der Waals surface area contributed by atoms with E-state index in [0.29, 0.717) is 12.1 Å². The lowest BCUT2D eigenvalue weighted by Crippen LogP contribution is -2.31. The lowest BCUT2D eigenvalue weighted by Gasteiger charge is -2.37. The second-order valence-corrected chi connectivity index (χ2v) is 9.57. The Morgan fingerprint density at radius 1 is 0.852 bits per heavy atom. The van der Waals surface area contributed by atoms with Gasteiger partial charge in [-0.15, -0.1) is 0 Å². The van der Waals surface area contributed by atoms with E-state index in [-0.39, 0.29) is 6.07 Å². The minimum absolute atomic E-state index is 0.261. The van der Waals surface area contributed by atoms with Crippen LogP contribution in [0.3, 0.4) is 0 Å². The third-order valence-corrected chi connectivity index (χ3v) is 8.32. The van der Waals surface area contributed by atoms with Crippen molar-refractivity contribution in [2.24, 2.45) is 0 Å². The quantitative estimate of drug-likeness (QED) is 0.462. The summed E-state index contributed by atoms with van der Waals surface area (Å²) in [6, 6.07) is 4.33. The molecule has 1 aliphatic heterocycles. The molecule has 0 bridgehead atoms. The van der Waals surface area contributed by atoms with Crippen LogP contribution in [0.1, 0.15) is 0 Å². The van der Waals surface area contributed by atoms with Crippen LogP contribution in [0.4, 0.5) is 35.1 Å². The van der Waals surface area contributed by atoms with Gasteiger partial charge >= 0.3 is 21.1 Å². The SMILES string of the molecule is O=S(=O)(OS1(C(F)(F)F)c2ccccc2-c2c1ccc(F)c2F)C(F)(F)F. The average Bonchev–Trinajstić information content (AvgIpc) is 2.81. The highest BCUT2D eigenvalue weighted by Crippen LogP contribution is 2.80. The molecule has 0 aliphatic carbocycles. The largest absolute Gasteiger partial charge is 0.523 e. The van der Waals surface area contributed by atoms with Gasteiger partial charge in [-0.1, -0.05) is 18.2 Å². The number of hydrogen-bond donors (Lipinski definition) is 0. The summed E-state index contributed by atoms with van der Waals surface area (Å²) in [6.07, 6.45) is 0. The van der Waals surface area contributed by atoms with E-state index in [2.05, 4.69) is 3.63 Å². The van der Waals surface area contributed by atoms with Gasteiger partial charge in [0, 0.05) is 31.2 Å². The lowest BCUT2D eigenvalue weighted by atomic mass is 10.1. The van der Waals surface area contributed by atoms with Crippen LogP contribution in [0.5, 0.6) is 0 Å². The molecule has 1 aliphatic rings. The first kappa shape index (κ1) is 19.9. The minimum atomic E-state index is -6.73. The van der Waals surface area contributed by atoms with E-state index < -0.39 is 64.0 Å². The van der Waals surface area contributed by atoms with E-state index in [1.165, 1.54) is 0 Å². The molecule has 1 unspecified atom stereocenters. The summed E-state index contributed by atoms with van der Waals surface area (Å²) in [4.78, 5) is -2.24. The monoisotopic (exact) mass is 438 g/mol. The first-order valence-electron chi connectivity index (χ1n) is 6.73. The average molecular weight is 438 g/mol. The van der Waals surface area contributed by atoms with Crippen molar-refractivity contribution in [2.45, 2.75) is 20.8 Å². The second kappa shape index (κ2) is 5.82. The lowest BCUT2D eigenvalue weighted by molar-refractivity contribution is -0.0550. The van der Waals surface area contributed by atoms with E-state index in [4.69, 9.17) is 0 Å².